The molecule has 2 amide bonds. The van der Waals surface area contributed by atoms with Gasteiger partial charge in [0.15, 0.2) is 4.32 Å². The Balaban J connectivity index is 1.71. The molecule has 0 bridgehead atoms. The number of carboxylic acids is 1. The lowest BCUT2D eigenvalue weighted by Gasteiger charge is -2.13. The summed E-state index contributed by atoms with van der Waals surface area (Å²) in [4.78, 5) is 48.6. The highest BCUT2D eigenvalue weighted by molar-refractivity contribution is 8.26. The fourth-order valence-corrected chi connectivity index (χ4v) is 4.53. The minimum absolute atomic E-state index is 0.00867. The van der Waals surface area contributed by atoms with E-state index in [4.69, 9.17) is 17.3 Å². The Hall–Kier alpha value is -4.10. The number of fused-ring (bicyclic) bond motifs is 1. The molecule has 2 aromatic rings. The number of carbonyl (C=O) groups is 3. The number of hydrazone groups is 1. The van der Waals surface area contributed by atoms with Crippen LogP contribution >= 0.6 is 24.0 Å². The van der Waals surface area contributed by atoms with Crippen LogP contribution in [0.1, 0.15) is 11.1 Å². The van der Waals surface area contributed by atoms with Crippen LogP contribution < -0.4 is 4.90 Å². The van der Waals surface area contributed by atoms with Gasteiger partial charge in [0.25, 0.3) is 17.5 Å². The fourth-order valence-electron chi connectivity index (χ4n) is 3.28. The molecule has 0 spiro atoms. The van der Waals surface area contributed by atoms with Crippen LogP contribution in [0.4, 0.5) is 11.4 Å². The second kappa shape index (κ2) is 8.44. The number of nitro benzene ring substituents is 1. The number of phenols is 1. The highest BCUT2D eigenvalue weighted by Crippen LogP contribution is 2.44. The molecule has 1 fully saturated rings. The lowest BCUT2D eigenvalue weighted by molar-refractivity contribution is -0.384. The van der Waals surface area contributed by atoms with Crippen LogP contribution in [-0.2, 0) is 14.4 Å². The minimum atomic E-state index is -1.21. The Morgan fingerprint density at radius 2 is 1.94 bits per heavy atom. The van der Waals surface area contributed by atoms with Crippen LogP contribution in [0.25, 0.3) is 5.57 Å². The van der Waals surface area contributed by atoms with E-state index in [9.17, 15) is 29.6 Å². The van der Waals surface area contributed by atoms with Crippen molar-refractivity contribution in [3.8, 4) is 5.75 Å². The number of benzene rings is 2. The van der Waals surface area contributed by atoms with Gasteiger partial charge in [0.2, 0.25) is 0 Å². The number of aromatic hydroxyl groups is 1. The molecule has 1 saturated heterocycles. The summed E-state index contributed by atoms with van der Waals surface area (Å²) in [5, 5.41) is 34.8. The van der Waals surface area contributed by atoms with Gasteiger partial charge in [0.05, 0.1) is 27.3 Å². The first-order valence-electron chi connectivity index (χ1n) is 9.14. The largest absolute Gasteiger partial charge is 0.507 e. The number of anilines is 1. The molecule has 0 aromatic heterocycles. The monoisotopic (exact) mass is 484 g/mol. The standard InChI is InChI=1S/C20H12N4O7S2/c25-14-6-5-11(24(30)31)7-10(14)8-21-23-19(29)17(33-20(23)32)16-12-3-1-2-4-13(12)22(18(16)28)9-15(26)27/h1-8,25H,9H2,(H,26,27). The molecule has 2 aliphatic heterocycles. The highest BCUT2D eigenvalue weighted by Gasteiger charge is 2.42. The topological polar surface area (TPSA) is 154 Å². The predicted octanol–water partition coefficient (Wildman–Crippen LogP) is 2.34. The number of aliphatic carboxylic acids is 1. The Labute approximate surface area is 194 Å². The average molecular weight is 484 g/mol. The van der Waals surface area contributed by atoms with Crippen molar-refractivity contribution in [1.29, 1.82) is 0 Å². The summed E-state index contributed by atoms with van der Waals surface area (Å²) >= 11 is 6.04. The third-order valence-electron chi connectivity index (χ3n) is 4.73. The van der Waals surface area contributed by atoms with Crippen LogP contribution in [0.2, 0.25) is 0 Å². The van der Waals surface area contributed by atoms with Crippen LogP contribution in [-0.4, -0.2) is 55.0 Å². The van der Waals surface area contributed by atoms with E-state index in [-0.39, 0.29) is 31.8 Å². The van der Waals surface area contributed by atoms with Crippen molar-refractivity contribution in [2.24, 2.45) is 5.10 Å². The molecule has 33 heavy (non-hydrogen) atoms. The van der Waals surface area contributed by atoms with E-state index < -0.39 is 29.3 Å². The van der Waals surface area contributed by atoms with Gasteiger partial charge in [0.1, 0.15) is 12.3 Å². The van der Waals surface area contributed by atoms with Crippen molar-refractivity contribution in [2.45, 2.75) is 0 Å². The summed E-state index contributed by atoms with van der Waals surface area (Å²) in [5.41, 5.74) is 0.467. The van der Waals surface area contributed by atoms with E-state index >= 15 is 0 Å². The zero-order valence-corrected chi connectivity index (χ0v) is 18.0. The number of rotatable bonds is 5. The Morgan fingerprint density at radius 1 is 1.21 bits per heavy atom. The van der Waals surface area contributed by atoms with Gasteiger partial charge in [-0.25, -0.2) is 0 Å². The summed E-state index contributed by atoms with van der Waals surface area (Å²) in [6, 6.07) is 9.79. The maximum Gasteiger partial charge on any atom is 0.323 e. The molecule has 0 radical (unpaired) electrons. The fraction of sp³-hybridized carbons (Fsp3) is 0.0500. The molecule has 166 valence electrons. The average Bonchev–Trinajstić information content (AvgIpc) is 3.19. The highest BCUT2D eigenvalue weighted by atomic mass is 32.2. The van der Waals surface area contributed by atoms with E-state index in [1.165, 1.54) is 0 Å². The molecule has 0 saturated carbocycles. The molecular weight excluding hydrogens is 472 g/mol. The maximum absolute atomic E-state index is 13.1. The number of hydrogen-bond acceptors (Lipinski definition) is 9. The van der Waals surface area contributed by atoms with Crippen molar-refractivity contribution in [1.82, 2.24) is 5.01 Å². The number of para-hydroxylation sites is 1. The SMILES string of the molecule is O=C(O)CN1C(=O)C(=C2SC(=S)N(N=Cc3cc([N+](=O)[O-])ccc3O)C2=O)c2ccccc21. The van der Waals surface area contributed by atoms with Crippen molar-refractivity contribution in [2.75, 3.05) is 11.4 Å². The van der Waals surface area contributed by atoms with Gasteiger partial charge in [-0.05, 0) is 24.4 Å². The number of hydrogen-bond donors (Lipinski definition) is 2. The third-order valence-corrected chi connectivity index (χ3v) is 6.08. The van der Waals surface area contributed by atoms with Crippen molar-refractivity contribution >= 4 is 69.2 Å². The lowest BCUT2D eigenvalue weighted by atomic mass is 10.1. The van der Waals surface area contributed by atoms with Gasteiger partial charge in [-0.15, -0.1) is 0 Å². The van der Waals surface area contributed by atoms with E-state index in [0.29, 0.717) is 11.3 Å². The number of carboxylic acid groups (broad SMARTS) is 1. The molecule has 0 aliphatic carbocycles. The summed E-state index contributed by atoms with van der Waals surface area (Å²) in [5.74, 6) is -2.88. The van der Waals surface area contributed by atoms with Crippen LogP contribution in [0.5, 0.6) is 5.75 Å². The van der Waals surface area contributed by atoms with E-state index in [2.05, 4.69) is 5.10 Å². The van der Waals surface area contributed by atoms with E-state index in [1.807, 2.05) is 0 Å². The number of thioether (sulfide) groups is 1. The summed E-state index contributed by atoms with van der Waals surface area (Å²) in [6.45, 7) is -0.580. The van der Waals surface area contributed by atoms with Gasteiger partial charge in [-0.3, -0.25) is 29.4 Å². The van der Waals surface area contributed by atoms with Gasteiger partial charge in [-0.1, -0.05) is 30.0 Å². The smallest absolute Gasteiger partial charge is 0.323 e. The number of nitro groups is 1. The summed E-state index contributed by atoms with van der Waals surface area (Å²) in [7, 11) is 0. The van der Waals surface area contributed by atoms with Gasteiger partial charge < -0.3 is 10.2 Å². The zero-order valence-electron chi connectivity index (χ0n) is 16.4. The second-order valence-corrected chi connectivity index (χ2v) is 8.38. The number of amides is 2. The third kappa shape index (κ3) is 3.94. The van der Waals surface area contributed by atoms with Gasteiger partial charge >= 0.3 is 5.97 Å². The van der Waals surface area contributed by atoms with Crippen LogP contribution in [0, 0.1) is 10.1 Å². The first-order chi connectivity index (χ1) is 15.7. The van der Waals surface area contributed by atoms with E-state index in [1.54, 1.807) is 24.3 Å². The minimum Gasteiger partial charge on any atom is -0.507 e. The molecule has 11 nitrogen and oxygen atoms in total. The normalized spacial score (nSPS) is 17.9. The number of thiocarbonyl (C=S) groups is 1. The van der Waals surface area contributed by atoms with Gasteiger partial charge in [-0.2, -0.15) is 10.1 Å². The quantitative estimate of drug-likeness (QED) is 0.214. The first-order valence-corrected chi connectivity index (χ1v) is 10.4. The second-order valence-electron chi connectivity index (χ2n) is 6.74. The van der Waals surface area contributed by atoms with Gasteiger partial charge in [0, 0.05) is 23.3 Å². The molecule has 4 rings (SSSR count). The summed E-state index contributed by atoms with van der Waals surface area (Å²) in [6.07, 6.45) is 1.04. The molecular formula is C20H12N4O7S2. The number of carbonyl (C=O) groups excluding carboxylic acids is 2. The molecule has 0 unspecified atom stereocenters. The predicted molar refractivity (Wildman–Crippen MR) is 123 cm³/mol. The van der Waals surface area contributed by atoms with Crippen molar-refractivity contribution in [3.63, 3.8) is 0 Å². The molecule has 2 N–H and O–H groups in total. The molecule has 0 atom stereocenters. The Bertz CT molecular complexity index is 1320. The summed E-state index contributed by atoms with van der Waals surface area (Å²) < 4.78 is -0.00867. The Kier molecular flexibility index (Phi) is 5.66. The van der Waals surface area contributed by atoms with Crippen LogP contribution in [0.15, 0.2) is 52.5 Å². The molecule has 13 heteroatoms. The maximum atomic E-state index is 13.1. The Morgan fingerprint density at radius 3 is 2.64 bits per heavy atom. The first kappa shape index (κ1) is 22.1. The zero-order chi connectivity index (χ0) is 23.9. The van der Waals surface area contributed by atoms with Crippen molar-refractivity contribution in [3.05, 3.63) is 68.6 Å². The number of non-ortho nitro benzene ring substituents is 1. The van der Waals surface area contributed by atoms with Crippen LogP contribution in [0.3, 0.4) is 0 Å². The molecule has 2 aliphatic rings. The van der Waals surface area contributed by atoms with E-state index in [0.717, 1.165) is 46.1 Å². The number of nitrogens with zero attached hydrogens (tertiary/aromatic N) is 4. The number of phenolic OH excluding ortho intramolecular Hbond substituents is 1. The lowest BCUT2D eigenvalue weighted by Crippen LogP contribution is -2.32. The molecule has 2 heterocycles. The molecule has 2 aromatic carbocycles. The van der Waals surface area contributed by atoms with Crippen molar-refractivity contribution < 1.29 is 29.5 Å².